The Kier molecular flexibility index (Phi) is 5.45. The van der Waals surface area contributed by atoms with Crippen LogP contribution in [0.3, 0.4) is 0 Å². The average molecular weight is 310 g/mol. The molecule has 6 heteroatoms. The molecular weight excluding hydrogens is 284 g/mol. The van der Waals surface area contributed by atoms with Crippen LogP contribution in [-0.2, 0) is 0 Å². The number of nitrogens with zero attached hydrogens (tertiary/aromatic N) is 2. The summed E-state index contributed by atoms with van der Waals surface area (Å²) in [7, 11) is 3.79. The Morgan fingerprint density at radius 1 is 1.38 bits per heavy atom. The summed E-state index contributed by atoms with van der Waals surface area (Å²) < 4.78 is 0. The molecule has 2 rings (SSSR count). The molecule has 1 aliphatic carbocycles. The molecule has 3 N–H and O–H groups in total. The number of carbonyl (C=O) groups excluding carboxylic acids is 1. The SMILES string of the molecule is CC1CCC(CCNC(=O)c2sc(N(C)C)nc2N)CC1. The lowest BCUT2D eigenvalue weighted by atomic mass is 9.81. The second kappa shape index (κ2) is 7.11. The van der Waals surface area contributed by atoms with Gasteiger partial charge in [0.1, 0.15) is 10.7 Å². The summed E-state index contributed by atoms with van der Waals surface area (Å²) in [6.07, 6.45) is 6.31. The van der Waals surface area contributed by atoms with Crippen LogP contribution >= 0.6 is 11.3 Å². The number of carbonyl (C=O) groups is 1. The van der Waals surface area contributed by atoms with Crippen molar-refractivity contribution in [1.82, 2.24) is 10.3 Å². The van der Waals surface area contributed by atoms with Crippen LogP contribution in [0, 0.1) is 11.8 Å². The molecule has 1 saturated carbocycles. The topological polar surface area (TPSA) is 71.2 Å². The summed E-state index contributed by atoms with van der Waals surface area (Å²) in [5, 5.41) is 3.75. The fourth-order valence-corrected chi connectivity index (χ4v) is 3.59. The summed E-state index contributed by atoms with van der Waals surface area (Å²) >= 11 is 1.34. The zero-order valence-corrected chi connectivity index (χ0v) is 14.0. The summed E-state index contributed by atoms with van der Waals surface area (Å²) in [6.45, 7) is 3.05. The first-order valence-electron chi connectivity index (χ1n) is 7.69. The van der Waals surface area contributed by atoms with Crippen LogP contribution < -0.4 is 16.0 Å². The Morgan fingerprint density at radius 2 is 2.05 bits per heavy atom. The highest BCUT2D eigenvalue weighted by Crippen LogP contribution is 2.30. The lowest BCUT2D eigenvalue weighted by Gasteiger charge is -2.26. The largest absolute Gasteiger partial charge is 0.382 e. The normalized spacial score (nSPS) is 22.0. The average Bonchev–Trinajstić information content (AvgIpc) is 2.83. The van der Waals surface area contributed by atoms with E-state index in [1.165, 1.54) is 37.0 Å². The number of anilines is 2. The number of rotatable bonds is 5. The molecule has 0 saturated heterocycles. The maximum atomic E-state index is 12.2. The number of amides is 1. The fraction of sp³-hybridized carbons (Fsp3) is 0.733. The summed E-state index contributed by atoms with van der Waals surface area (Å²) in [5.74, 6) is 1.87. The van der Waals surface area contributed by atoms with Crippen LogP contribution in [0.2, 0.25) is 0 Å². The number of aromatic nitrogens is 1. The third-order valence-electron chi connectivity index (χ3n) is 4.20. The smallest absolute Gasteiger partial charge is 0.265 e. The van der Waals surface area contributed by atoms with Crippen LogP contribution in [0.1, 0.15) is 48.7 Å². The molecule has 1 fully saturated rings. The standard InChI is InChI=1S/C15H26N4OS/c1-10-4-6-11(7-5-10)8-9-17-14(20)12-13(16)18-15(21-12)19(2)3/h10-11H,4-9,16H2,1-3H3,(H,17,20). The van der Waals surface area contributed by atoms with Crippen molar-refractivity contribution < 1.29 is 4.79 Å². The van der Waals surface area contributed by atoms with E-state index >= 15 is 0 Å². The van der Waals surface area contributed by atoms with E-state index in [9.17, 15) is 4.79 Å². The first kappa shape index (κ1) is 16.1. The van der Waals surface area contributed by atoms with Gasteiger partial charge in [-0.3, -0.25) is 4.79 Å². The van der Waals surface area contributed by atoms with Gasteiger partial charge in [-0.25, -0.2) is 4.98 Å². The van der Waals surface area contributed by atoms with E-state index < -0.39 is 0 Å². The summed E-state index contributed by atoms with van der Waals surface area (Å²) in [4.78, 5) is 18.7. The zero-order valence-electron chi connectivity index (χ0n) is 13.2. The second-order valence-electron chi connectivity index (χ2n) is 6.28. The molecule has 0 spiro atoms. The highest BCUT2D eigenvalue weighted by molar-refractivity contribution is 7.18. The molecule has 1 aromatic heterocycles. The van der Waals surface area contributed by atoms with Crippen molar-refractivity contribution in [3.63, 3.8) is 0 Å². The van der Waals surface area contributed by atoms with Gasteiger partial charge in [-0.05, 0) is 18.3 Å². The maximum absolute atomic E-state index is 12.2. The Morgan fingerprint density at radius 3 is 2.62 bits per heavy atom. The second-order valence-corrected chi connectivity index (χ2v) is 7.25. The van der Waals surface area contributed by atoms with Gasteiger partial charge in [0.25, 0.3) is 5.91 Å². The third kappa shape index (κ3) is 4.33. The molecule has 118 valence electrons. The van der Waals surface area contributed by atoms with Crippen molar-refractivity contribution in [2.45, 2.75) is 39.0 Å². The molecule has 1 aromatic rings. The molecule has 0 bridgehead atoms. The van der Waals surface area contributed by atoms with Crippen LogP contribution in [0.15, 0.2) is 0 Å². The zero-order chi connectivity index (χ0) is 15.4. The Balaban J connectivity index is 1.79. The molecule has 1 amide bonds. The van der Waals surface area contributed by atoms with Gasteiger partial charge in [0.05, 0.1) is 0 Å². The number of nitrogens with two attached hydrogens (primary N) is 1. The molecule has 1 aliphatic rings. The number of hydrogen-bond donors (Lipinski definition) is 2. The predicted molar refractivity (Wildman–Crippen MR) is 88.9 cm³/mol. The summed E-state index contributed by atoms with van der Waals surface area (Å²) in [5.41, 5.74) is 5.82. The lowest BCUT2D eigenvalue weighted by Crippen LogP contribution is -2.26. The molecule has 0 unspecified atom stereocenters. The highest BCUT2D eigenvalue weighted by Gasteiger charge is 2.20. The third-order valence-corrected chi connectivity index (χ3v) is 5.44. The van der Waals surface area contributed by atoms with Crippen molar-refractivity contribution in [2.24, 2.45) is 11.8 Å². The van der Waals surface area contributed by atoms with Crippen molar-refractivity contribution in [2.75, 3.05) is 31.3 Å². The van der Waals surface area contributed by atoms with Gasteiger partial charge in [0.2, 0.25) is 0 Å². The van der Waals surface area contributed by atoms with E-state index in [1.807, 2.05) is 19.0 Å². The van der Waals surface area contributed by atoms with Crippen molar-refractivity contribution >= 4 is 28.2 Å². The Labute approximate surface area is 130 Å². The van der Waals surface area contributed by atoms with E-state index in [0.717, 1.165) is 29.9 Å². The Hall–Kier alpha value is -1.30. The van der Waals surface area contributed by atoms with Crippen molar-refractivity contribution in [3.05, 3.63) is 4.88 Å². The number of nitrogen functional groups attached to an aromatic ring is 1. The lowest BCUT2D eigenvalue weighted by molar-refractivity contribution is 0.0954. The van der Waals surface area contributed by atoms with E-state index in [1.54, 1.807) is 0 Å². The predicted octanol–water partition coefficient (Wildman–Crippen LogP) is 2.74. The molecule has 0 aliphatic heterocycles. The van der Waals surface area contributed by atoms with Gasteiger partial charge >= 0.3 is 0 Å². The van der Waals surface area contributed by atoms with Gasteiger partial charge in [-0.2, -0.15) is 0 Å². The molecular formula is C15H26N4OS. The van der Waals surface area contributed by atoms with Crippen molar-refractivity contribution in [1.29, 1.82) is 0 Å². The van der Waals surface area contributed by atoms with Crippen LogP contribution in [0.4, 0.5) is 10.9 Å². The van der Waals surface area contributed by atoms with Gasteiger partial charge in [-0.15, -0.1) is 0 Å². The highest BCUT2D eigenvalue weighted by atomic mass is 32.1. The Bertz CT molecular complexity index is 478. The number of thiazole rings is 1. The minimum absolute atomic E-state index is 0.0951. The van der Waals surface area contributed by atoms with Crippen LogP contribution in [-0.4, -0.2) is 31.5 Å². The first-order chi connectivity index (χ1) is 9.97. The van der Waals surface area contributed by atoms with Gasteiger partial charge in [0, 0.05) is 20.6 Å². The van der Waals surface area contributed by atoms with Crippen molar-refractivity contribution in [3.8, 4) is 0 Å². The van der Waals surface area contributed by atoms with E-state index in [0.29, 0.717) is 10.7 Å². The van der Waals surface area contributed by atoms with E-state index in [4.69, 9.17) is 5.73 Å². The minimum atomic E-state index is -0.0951. The fourth-order valence-electron chi connectivity index (χ4n) is 2.76. The molecule has 1 heterocycles. The monoisotopic (exact) mass is 310 g/mol. The molecule has 0 radical (unpaired) electrons. The number of hydrogen-bond acceptors (Lipinski definition) is 5. The first-order valence-corrected chi connectivity index (χ1v) is 8.50. The quantitative estimate of drug-likeness (QED) is 0.877. The van der Waals surface area contributed by atoms with Gasteiger partial charge in [0.15, 0.2) is 5.13 Å². The summed E-state index contributed by atoms with van der Waals surface area (Å²) in [6, 6.07) is 0. The van der Waals surface area contributed by atoms with Crippen LogP contribution in [0.5, 0.6) is 0 Å². The van der Waals surface area contributed by atoms with E-state index in [-0.39, 0.29) is 5.91 Å². The maximum Gasteiger partial charge on any atom is 0.265 e. The van der Waals surface area contributed by atoms with Gasteiger partial charge < -0.3 is 16.0 Å². The molecule has 5 nitrogen and oxygen atoms in total. The minimum Gasteiger partial charge on any atom is -0.382 e. The van der Waals surface area contributed by atoms with Gasteiger partial charge in [-0.1, -0.05) is 43.9 Å². The molecule has 0 atom stereocenters. The van der Waals surface area contributed by atoms with Crippen LogP contribution in [0.25, 0.3) is 0 Å². The van der Waals surface area contributed by atoms with E-state index in [2.05, 4.69) is 17.2 Å². The molecule has 21 heavy (non-hydrogen) atoms. The molecule has 0 aromatic carbocycles. The number of nitrogens with one attached hydrogen (secondary N) is 1.